The van der Waals surface area contributed by atoms with Crippen molar-refractivity contribution in [3.63, 3.8) is 0 Å². The lowest BCUT2D eigenvalue weighted by Gasteiger charge is -2.36. The van der Waals surface area contributed by atoms with Crippen LogP contribution in [0.5, 0.6) is 0 Å². The van der Waals surface area contributed by atoms with E-state index in [0.29, 0.717) is 38.5 Å². The van der Waals surface area contributed by atoms with Crippen molar-refractivity contribution in [1.82, 2.24) is 5.32 Å². The maximum atomic E-state index is 13.4. The predicted octanol–water partition coefficient (Wildman–Crippen LogP) is 3.81. The Bertz CT molecular complexity index is 781. The third-order valence-corrected chi connectivity index (χ3v) is 5.69. The number of nitrogens with two attached hydrogens (primary N) is 1. The third kappa shape index (κ3) is 4.42. The lowest BCUT2D eigenvalue weighted by Crippen LogP contribution is -2.49. The molecule has 150 valence electrons. The molecule has 2 aromatic carbocycles. The van der Waals surface area contributed by atoms with Gasteiger partial charge in [0.15, 0.2) is 0 Å². The SMILES string of the molecule is CC(C)c1ccc(C(N)CNC(=O)C2(c3ccc(F)cc3)CCOCC2)cc1. The highest BCUT2D eigenvalue weighted by Gasteiger charge is 2.41. The summed E-state index contributed by atoms with van der Waals surface area (Å²) in [6, 6.07) is 14.1. The molecule has 0 spiro atoms. The fraction of sp³-hybridized carbons (Fsp3) is 0.435. The number of carbonyl (C=O) groups is 1. The standard InChI is InChI=1S/C23H29FN2O2/c1-16(2)17-3-5-18(6-4-17)21(25)15-26-22(27)23(11-13-28-14-12-23)19-7-9-20(24)10-8-19/h3-10,16,21H,11-15,25H2,1-2H3,(H,26,27). The average Bonchev–Trinajstić information content (AvgIpc) is 2.72. The molecule has 1 fully saturated rings. The second-order valence-electron chi connectivity index (χ2n) is 7.84. The molecule has 1 heterocycles. The van der Waals surface area contributed by atoms with E-state index in [0.717, 1.165) is 11.1 Å². The van der Waals surface area contributed by atoms with E-state index in [1.165, 1.54) is 17.7 Å². The van der Waals surface area contributed by atoms with E-state index in [1.807, 2.05) is 12.1 Å². The van der Waals surface area contributed by atoms with Crippen LogP contribution < -0.4 is 11.1 Å². The first-order valence-corrected chi connectivity index (χ1v) is 9.90. The second-order valence-corrected chi connectivity index (χ2v) is 7.84. The van der Waals surface area contributed by atoms with E-state index >= 15 is 0 Å². The van der Waals surface area contributed by atoms with Crippen molar-refractivity contribution >= 4 is 5.91 Å². The Morgan fingerprint density at radius 3 is 2.21 bits per heavy atom. The van der Waals surface area contributed by atoms with Crippen LogP contribution in [0.3, 0.4) is 0 Å². The Morgan fingerprint density at radius 1 is 1.07 bits per heavy atom. The third-order valence-electron chi connectivity index (χ3n) is 5.69. The Balaban J connectivity index is 1.70. The van der Waals surface area contributed by atoms with Crippen LogP contribution in [0.4, 0.5) is 4.39 Å². The van der Waals surface area contributed by atoms with Crippen molar-refractivity contribution in [2.24, 2.45) is 5.73 Å². The van der Waals surface area contributed by atoms with E-state index in [-0.39, 0.29) is 17.8 Å². The molecule has 3 rings (SSSR count). The van der Waals surface area contributed by atoms with Crippen LogP contribution in [0, 0.1) is 5.82 Å². The van der Waals surface area contributed by atoms with Crippen LogP contribution >= 0.6 is 0 Å². The fourth-order valence-corrected chi connectivity index (χ4v) is 3.75. The van der Waals surface area contributed by atoms with Gasteiger partial charge in [-0.05, 0) is 47.6 Å². The number of hydrogen-bond donors (Lipinski definition) is 2. The topological polar surface area (TPSA) is 64.3 Å². The number of benzene rings is 2. The molecule has 1 atom stereocenters. The van der Waals surface area contributed by atoms with Crippen LogP contribution in [0.2, 0.25) is 0 Å². The number of halogens is 1. The van der Waals surface area contributed by atoms with Crippen molar-refractivity contribution in [3.8, 4) is 0 Å². The van der Waals surface area contributed by atoms with Gasteiger partial charge in [0.05, 0.1) is 5.41 Å². The summed E-state index contributed by atoms with van der Waals surface area (Å²) in [5.41, 5.74) is 8.69. The Kier molecular flexibility index (Phi) is 6.47. The second kappa shape index (κ2) is 8.84. The average molecular weight is 384 g/mol. The van der Waals surface area contributed by atoms with Crippen LogP contribution in [0.1, 0.15) is 55.3 Å². The molecule has 1 unspecified atom stereocenters. The van der Waals surface area contributed by atoms with E-state index in [4.69, 9.17) is 10.5 Å². The molecular formula is C23H29FN2O2. The summed E-state index contributed by atoms with van der Waals surface area (Å²) in [6.07, 6.45) is 1.14. The highest BCUT2D eigenvalue weighted by molar-refractivity contribution is 5.88. The Hall–Kier alpha value is -2.24. The number of rotatable bonds is 6. The summed E-state index contributed by atoms with van der Waals surface area (Å²) >= 11 is 0. The van der Waals surface area contributed by atoms with Crippen LogP contribution in [0.15, 0.2) is 48.5 Å². The fourth-order valence-electron chi connectivity index (χ4n) is 3.75. The quantitative estimate of drug-likeness (QED) is 0.796. The molecule has 4 nitrogen and oxygen atoms in total. The van der Waals surface area contributed by atoms with Gasteiger partial charge >= 0.3 is 0 Å². The molecule has 0 aromatic heterocycles. The van der Waals surface area contributed by atoms with Crippen LogP contribution in [0.25, 0.3) is 0 Å². The zero-order valence-corrected chi connectivity index (χ0v) is 16.6. The molecule has 1 amide bonds. The van der Waals surface area contributed by atoms with Gasteiger partial charge in [0.1, 0.15) is 5.82 Å². The molecule has 2 aromatic rings. The minimum atomic E-state index is -0.701. The molecule has 1 aliphatic rings. The van der Waals surface area contributed by atoms with Gasteiger partial charge < -0.3 is 15.8 Å². The lowest BCUT2D eigenvalue weighted by atomic mass is 9.73. The van der Waals surface area contributed by atoms with E-state index < -0.39 is 5.41 Å². The largest absolute Gasteiger partial charge is 0.381 e. The van der Waals surface area contributed by atoms with Crippen molar-refractivity contribution in [3.05, 3.63) is 71.0 Å². The van der Waals surface area contributed by atoms with Crippen LogP contribution in [-0.4, -0.2) is 25.7 Å². The number of hydrogen-bond acceptors (Lipinski definition) is 3. The predicted molar refractivity (Wildman–Crippen MR) is 109 cm³/mol. The normalized spacial score (nSPS) is 17.3. The van der Waals surface area contributed by atoms with Gasteiger partial charge in [-0.1, -0.05) is 50.2 Å². The van der Waals surface area contributed by atoms with Gasteiger partial charge in [0.25, 0.3) is 0 Å². The van der Waals surface area contributed by atoms with Gasteiger partial charge in [-0.3, -0.25) is 4.79 Å². The van der Waals surface area contributed by atoms with Gasteiger partial charge in [-0.2, -0.15) is 0 Å². The molecule has 0 aliphatic carbocycles. The summed E-state index contributed by atoms with van der Waals surface area (Å²) in [7, 11) is 0. The first-order chi connectivity index (χ1) is 13.4. The van der Waals surface area contributed by atoms with E-state index in [1.54, 1.807) is 12.1 Å². The minimum absolute atomic E-state index is 0.0725. The molecule has 1 aliphatic heterocycles. The van der Waals surface area contributed by atoms with Crippen molar-refractivity contribution < 1.29 is 13.9 Å². The van der Waals surface area contributed by atoms with Gasteiger partial charge in [0, 0.05) is 25.8 Å². The number of amides is 1. The lowest BCUT2D eigenvalue weighted by molar-refractivity contribution is -0.130. The summed E-state index contributed by atoms with van der Waals surface area (Å²) in [5, 5.41) is 3.03. The summed E-state index contributed by atoms with van der Waals surface area (Å²) in [6.45, 7) is 5.67. The van der Waals surface area contributed by atoms with Crippen molar-refractivity contribution in [2.45, 2.75) is 44.1 Å². The van der Waals surface area contributed by atoms with E-state index in [2.05, 4.69) is 31.3 Å². The number of carbonyl (C=O) groups excluding carboxylic acids is 1. The molecule has 5 heteroatoms. The maximum absolute atomic E-state index is 13.4. The first kappa shape index (κ1) is 20.5. The molecule has 0 bridgehead atoms. The van der Waals surface area contributed by atoms with Crippen LogP contribution in [-0.2, 0) is 14.9 Å². The van der Waals surface area contributed by atoms with Gasteiger partial charge in [0.2, 0.25) is 5.91 Å². The van der Waals surface area contributed by atoms with Gasteiger partial charge in [-0.25, -0.2) is 4.39 Å². The van der Waals surface area contributed by atoms with Crippen molar-refractivity contribution in [1.29, 1.82) is 0 Å². The molecule has 0 radical (unpaired) electrons. The molecule has 3 N–H and O–H groups in total. The minimum Gasteiger partial charge on any atom is -0.381 e. The number of ether oxygens (including phenoxy) is 1. The van der Waals surface area contributed by atoms with E-state index in [9.17, 15) is 9.18 Å². The Labute approximate surface area is 166 Å². The van der Waals surface area contributed by atoms with Crippen molar-refractivity contribution in [2.75, 3.05) is 19.8 Å². The zero-order valence-electron chi connectivity index (χ0n) is 16.6. The highest BCUT2D eigenvalue weighted by atomic mass is 19.1. The Morgan fingerprint density at radius 2 is 1.64 bits per heavy atom. The summed E-state index contributed by atoms with van der Waals surface area (Å²) in [5.74, 6) is 0.0870. The highest BCUT2D eigenvalue weighted by Crippen LogP contribution is 2.35. The molecule has 0 saturated carbocycles. The zero-order chi connectivity index (χ0) is 20.1. The number of nitrogens with one attached hydrogen (secondary N) is 1. The monoisotopic (exact) mass is 384 g/mol. The van der Waals surface area contributed by atoms with Gasteiger partial charge in [-0.15, -0.1) is 0 Å². The molecule has 1 saturated heterocycles. The maximum Gasteiger partial charge on any atom is 0.230 e. The molecule has 28 heavy (non-hydrogen) atoms. The first-order valence-electron chi connectivity index (χ1n) is 9.90. The summed E-state index contributed by atoms with van der Waals surface area (Å²) in [4.78, 5) is 13.2. The molecular weight excluding hydrogens is 355 g/mol. The summed E-state index contributed by atoms with van der Waals surface area (Å²) < 4.78 is 18.8. The smallest absolute Gasteiger partial charge is 0.230 e.